The topological polar surface area (TPSA) is 88.7 Å². The minimum atomic E-state index is -0.123. The summed E-state index contributed by atoms with van der Waals surface area (Å²) in [5, 5.41) is 0.764. The van der Waals surface area contributed by atoms with Crippen LogP contribution in [0, 0.1) is 0 Å². The zero-order valence-electron chi connectivity index (χ0n) is 16.7. The van der Waals surface area contributed by atoms with Gasteiger partial charge in [-0.25, -0.2) is 4.98 Å². The molecule has 30 heavy (non-hydrogen) atoms. The van der Waals surface area contributed by atoms with Gasteiger partial charge >= 0.3 is 0 Å². The molecule has 1 saturated heterocycles. The minimum absolute atomic E-state index is 0.0428. The molecule has 8 nitrogen and oxygen atoms in total. The first-order valence-electron chi connectivity index (χ1n) is 10.4. The lowest BCUT2D eigenvalue weighted by Gasteiger charge is -2.34. The third kappa shape index (κ3) is 3.60. The third-order valence-electron chi connectivity index (χ3n) is 6.17. The van der Waals surface area contributed by atoms with Crippen LogP contribution in [0.5, 0.6) is 0 Å². The van der Waals surface area contributed by atoms with Crippen molar-refractivity contribution in [1.82, 2.24) is 19.4 Å². The number of Topliss-reactive ketones (excluding diaryl/α,β-unsaturated/α-hetero) is 1. The Morgan fingerprint density at radius 1 is 1.20 bits per heavy atom. The lowest BCUT2D eigenvalue weighted by molar-refractivity contribution is -0.133. The fraction of sp³-hybridized carbons (Fsp3) is 0.524. The van der Waals surface area contributed by atoms with Crippen LogP contribution in [-0.4, -0.2) is 69.5 Å². The van der Waals surface area contributed by atoms with Gasteiger partial charge in [-0.1, -0.05) is 11.8 Å². The highest BCUT2D eigenvalue weighted by Crippen LogP contribution is 2.34. The maximum Gasteiger partial charge on any atom is 0.257 e. The first kappa shape index (κ1) is 19.6. The van der Waals surface area contributed by atoms with E-state index in [2.05, 4.69) is 4.98 Å². The molecule has 1 aliphatic carbocycles. The van der Waals surface area contributed by atoms with Crippen molar-refractivity contribution in [3.8, 4) is 0 Å². The number of thioether (sulfide) groups is 1. The summed E-state index contributed by atoms with van der Waals surface area (Å²) in [7, 11) is 0. The van der Waals surface area contributed by atoms with E-state index in [1.54, 1.807) is 28.5 Å². The molecule has 2 aromatic heterocycles. The smallest absolute Gasteiger partial charge is 0.257 e. The van der Waals surface area contributed by atoms with Gasteiger partial charge < -0.3 is 9.32 Å². The summed E-state index contributed by atoms with van der Waals surface area (Å²) in [6.07, 6.45) is 4.49. The van der Waals surface area contributed by atoms with Gasteiger partial charge in [0.15, 0.2) is 10.9 Å². The molecule has 0 saturated carbocycles. The molecule has 158 valence electrons. The summed E-state index contributed by atoms with van der Waals surface area (Å²) >= 11 is 1.58. The molecule has 1 fully saturated rings. The van der Waals surface area contributed by atoms with E-state index in [4.69, 9.17) is 4.42 Å². The molecule has 1 atom stereocenters. The number of carbonyl (C=O) groups is 2. The summed E-state index contributed by atoms with van der Waals surface area (Å²) in [4.78, 5) is 46.6. The van der Waals surface area contributed by atoms with Crippen LogP contribution in [0.15, 0.2) is 32.8 Å². The van der Waals surface area contributed by atoms with E-state index in [-0.39, 0.29) is 23.3 Å². The number of amides is 1. The van der Waals surface area contributed by atoms with Gasteiger partial charge in [0.1, 0.15) is 0 Å². The van der Waals surface area contributed by atoms with E-state index >= 15 is 0 Å². The molecule has 9 heteroatoms. The lowest BCUT2D eigenvalue weighted by Crippen LogP contribution is -2.50. The van der Waals surface area contributed by atoms with Crippen molar-refractivity contribution in [3.05, 3.63) is 45.8 Å². The van der Waals surface area contributed by atoms with Gasteiger partial charge in [-0.15, -0.1) is 0 Å². The van der Waals surface area contributed by atoms with Gasteiger partial charge in [-0.3, -0.25) is 23.9 Å². The van der Waals surface area contributed by atoms with Crippen LogP contribution in [0.3, 0.4) is 0 Å². The number of aryl methyl sites for hydroxylation is 1. The van der Waals surface area contributed by atoms with Crippen LogP contribution < -0.4 is 5.56 Å². The van der Waals surface area contributed by atoms with E-state index in [0.29, 0.717) is 50.7 Å². The molecule has 3 aliphatic rings. The van der Waals surface area contributed by atoms with Crippen molar-refractivity contribution in [2.24, 2.45) is 0 Å². The predicted molar refractivity (Wildman–Crippen MR) is 111 cm³/mol. The number of carbonyl (C=O) groups excluding carboxylic acids is 2. The average Bonchev–Trinajstić information content (AvgIpc) is 3.50. The highest BCUT2D eigenvalue weighted by Gasteiger charge is 2.33. The number of ketones is 1. The number of hydrogen-bond acceptors (Lipinski definition) is 7. The molecule has 0 spiro atoms. The van der Waals surface area contributed by atoms with Crippen LogP contribution in [0.25, 0.3) is 0 Å². The van der Waals surface area contributed by atoms with Crippen LogP contribution in [-0.2, 0) is 17.6 Å². The molecule has 2 aliphatic heterocycles. The van der Waals surface area contributed by atoms with Crippen molar-refractivity contribution in [2.45, 2.75) is 36.9 Å². The zero-order valence-corrected chi connectivity index (χ0v) is 17.5. The maximum atomic E-state index is 12.9. The Hall–Kier alpha value is -2.39. The van der Waals surface area contributed by atoms with Gasteiger partial charge in [0.25, 0.3) is 5.56 Å². The van der Waals surface area contributed by atoms with E-state index in [9.17, 15) is 14.4 Å². The highest BCUT2D eigenvalue weighted by atomic mass is 32.2. The third-order valence-corrected chi connectivity index (χ3v) is 7.27. The Morgan fingerprint density at radius 2 is 2.03 bits per heavy atom. The van der Waals surface area contributed by atoms with Crippen molar-refractivity contribution >= 4 is 23.5 Å². The molecule has 1 amide bonds. The van der Waals surface area contributed by atoms with Crippen LogP contribution in [0.4, 0.5) is 0 Å². The number of piperazine rings is 1. The monoisotopic (exact) mass is 428 g/mol. The van der Waals surface area contributed by atoms with Gasteiger partial charge in [-0.05, 0) is 31.4 Å². The summed E-state index contributed by atoms with van der Waals surface area (Å²) in [5.74, 6) is 1.11. The van der Waals surface area contributed by atoms with Crippen molar-refractivity contribution in [3.63, 3.8) is 0 Å². The van der Waals surface area contributed by atoms with Crippen LogP contribution in [0.1, 0.15) is 40.7 Å². The molecular formula is C21H24N4O4S. The minimum Gasteiger partial charge on any atom is -0.461 e. The molecule has 4 heterocycles. The van der Waals surface area contributed by atoms with Gasteiger partial charge in [-0.2, -0.15) is 0 Å². The Morgan fingerprint density at radius 3 is 2.80 bits per heavy atom. The number of aromatic nitrogens is 2. The van der Waals surface area contributed by atoms with Gasteiger partial charge in [0, 0.05) is 43.9 Å². The molecule has 0 aromatic carbocycles. The lowest BCUT2D eigenvalue weighted by atomic mass is 10.1. The van der Waals surface area contributed by atoms with Crippen molar-refractivity contribution < 1.29 is 14.0 Å². The number of fused-ring (bicyclic) bond motifs is 2. The highest BCUT2D eigenvalue weighted by molar-refractivity contribution is 7.99. The summed E-state index contributed by atoms with van der Waals surface area (Å²) in [5.41, 5.74) is 1.84. The maximum absolute atomic E-state index is 12.9. The van der Waals surface area contributed by atoms with E-state index in [0.717, 1.165) is 35.7 Å². The fourth-order valence-electron chi connectivity index (χ4n) is 4.51. The van der Waals surface area contributed by atoms with E-state index < -0.39 is 0 Å². The Kier molecular flexibility index (Phi) is 5.24. The second-order valence-electron chi connectivity index (χ2n) is 8.07. The molecular weight excluding hydrogens is 404 g/mol. The molecule has 0 bridgehead atoms. The summed E-state index contributed by atoms with van der Waals surface area (Å²) in [6, 6.07) is 3.26. The first-order chi connectivity index (χ1) is 14.6. The normalized spacial score (nSPS) is 20.9. The first-order valence-corrected chi connectivity index (χ1v) is 11.4. The average molecular weight is 429 g/mol. The number of nitrogens with zero attached hydrogens (tertiary/aromatic N) is 4. The van der Waals surface area contributed by atoms with E-state index in [1.165, 1.54) is 6.26 Å². The van der Waals surface area contributed by atoms with Gasteiger partial charge in [0.2, 0.25) is 11.7 Å². The quantitative estimate of drug-likeness (QED) is 0.525. The van der Waals surface area contributed by atoms with Crippen molar-refractivity contribution in [1.29, 1.82) is 0 Å². The molecule has 0 N–H and O–H groups in total. The second kappa shape index (κ2) is 8.03. The number of rotatable bonds is 5. The van der Waals surface area contributed by atoms with Crippen molar-refractivity contribution in [2.75, 3.05) is 38.5 Å². The number of furan rings is 1. The van der Waals surface area contributed by atoms with E-state index in [1.807, 2.05) is 9.80 Å². The van der Waals surface area contributed by atoms with Crippen LogP contribution >= 0.6 is 11.8 Å². The fourth-order valence-corrected chi connectivity index (χ4v) is 5.66. The Labute approximate surface area is 178 Å². The molecule has 5 rings (SSSR count). The summed E-state index contributed by atoms with van der Waals surface area (Å²) in [6.45, 7) is 2.80. The largest absolute Gasteiger partial charge is 0.461 e. The number of hydrogen-bond donors (Lipinski definition) is 0. The molecule has 2 aromatic rings. The predicted octanol–water partition coefficient (Wildman–Crippen LogP) is 1.39. The Bertz CT molecular complexity index is 1020. The molecule has 0 radical (unpaired) electrons. The van der Waals surface area contributed by atoms with Crippen LogP contribution in [0.2, 0.25) is 0 Å². The molecule has 1 unspecified atom stereocenters. The van der Waals surface area contributed by atoms with Gasteiger partial charge in [0.05, 0.1) is 24.5 Å². The Balaban J connectivity index is 1.18. The standard InChI is InChI=1S/C21H24N4O4S/c26-17(18-5-2-10-29-18)12-23-6-8-24(9-7-23)19(27)11-14-13-30-21-22-16-4-1-3-15(16)20(28)25(14)21/h2,5,10,14H,1,3-4,6-9,11-13H2. The zero-order chi connectivity index (χ0) is 20.7. The summed E-state index contributed by atoms with van der Waals surface area (Å²) < 4.78 is 6.92. The SMILES string of the molecule is O=C(CN1CCN(C(=O)CC2CSc3nc4c(c(=O)n32)CCC4)CC1)c1ccco1. The second-order valence-corrected chi connectivity index (χ2v) is 9.06.